The number of hydrogen-bond donors (Lipinski definition) is 1. The molecule has 1 N–H and O–H groups in total. The Morgan fingerprint density at radius 3 is 2.71 bits per heavy atom. The van der Waals surface area contributed by atoms with E-state index in [2.05, 4.69) is 5.10 Å². The van der Waals surface area contributed by atoms with Crippen LogP contribution in [0.5, 0.6) is 0 Å². The number of aromatic nitrogens is 2. The topological polar surface area (TPSA) is 58.4 Å². The van der Waals surface area contributed by atoms with Crippen LogP contribution in [0.15, 0.2) is 30.5 Å². The number of benzene rings is 1. The third-order valence-corrected chi connectivity index (χ3v) is 4.96. The van der Waals surface area contributed by atoms with E-state index in [0.717, 1.165) is 0 Å². The van der Waals surface area contributed by atoms with Crippen molar-refractivity contribution in [2.45, 2.75) is 32.8 Å². The van der Waals surface area contributed by atoms with Crippen LogP contribution in [0.2, 0.25) is 0 Å². The lowest BCUT2D eigenvalue weighted by atomic mass is 9.90. The SMILES string of the molecule is Cc1c(C(=O)N2CCC(O)(C(C)C)C2)cnn1-c1ccccc1F. The summed E-state index contributed by atoms with van der Waals surface area (Å²) in [6.07, 6.45) is 2.04. The first-order valence-electron chi connectivity index (χ1n) is 8.14. The van der Waals surface area contributed by atoms with Crippen LogP contribution in [0.4, 0.5) is 4.39 Å². The van der Waals surface area contributed by atoms with Gasteiger partial charge in [-0.2, -0.15) is 5.10 Å². The normalized spacial score (nSPS) is 20.8. The van der Waals surface area contributed by atoms with Crippen LogP contribution in [0.3, 0.4) is 0 Å². The van der Waals surface area contributed by atoms with E-state index in [0.29, 0.717) is 36.5 Å². The molecule has 0 radical (unpaired) electrons. The number of carbonyl (C=O) groups is 1. The van der Waals surface area contributed by atoms with Gasteiger partial charge in [0.1, 0.15) is 11.5 Å². The Labute approximate surface area is 140 Å². The number of nitrogens with zero attached hydrogens (tertiary/aromatic N) is 3. The van der Waals surface area contributed by atoms with Crippen molar-refractivity contribution in [1.82, 2.24) is 14.7 Å². The summed E-state index contributed by atoms with van der Waals surface area (Å²) in [6, 6.07) is 6.32. The summed E-state index contributed by atoms with van der Waals surface area (Å²) in [5.41, 5.74) is 0.496. The molecule has 1 amide bonds. The standard InChI is InChI=1S/C18H22FN3O2/c1-12(2)18(24)8-9-21(11-18)17(23)14-10-20-22(13(14)3)16-7-5-4-6-15(16)19/h4-7,10,12,24H,8-9,11H2,1-3H3. The fourth-order valence-corrected chi connectivity index (χ4v) is 3.12. The molecule has 1 unspecified atom stereocenters. The summed E-state index contributed by atoms with van der Waals surface area (Å²) in [5.74, 6) is -0.484. The van der Waals surface area contributed by atoms with Crippen LogP contribution in [0.25, 0.3) is 5.69 Å². The van der Waals surface area contributed by atoms with Gasteiger partial charge in [-0.25, -0.2) is 9.07 Å². The van der Waals surface area contributed by atoms with Crippen LogP contribution in [-0.4, -0.2) is 44.4 Å². The average molecular weight is 331 g/mol. The van der Waals surface area contributed by atoms with Crippen molar-refractivity contribution >= 4 is 5.91 Å². The zero-order valence-corrected chi connectivity index (χ0v) is 14.2. The number of β-amino-alcohol motifs (C(OH)–C–C–N with tert-alkyl or cyclic N) is 1. The lowest BCUT2D eigenvalue weighted by Crippen LogP contribution is -2.40. The zero-order valence-electron chi connectivity index (χ0n) is 14.2. The van der Waals surface area contributed by atoms with Gasteiger partial charge in [-0.3, -0.25) is 4.79 Å². The summed E-state index contributed by atoms with van der Waals surface area (Å²) >= 11 is 0. The molecule has 1 aliphatic heterocycles. The summed E-state index contributed by atoms with van der Waals surface area (Å²) < 4.78 is 15.4. The Morgan fingerprint density at radius 1 is 1.38 bits per heavy atom. The Morgan fingerprint density at radius 2 is 2.08 bits per heavy atom. The Hall–Kier alpha value is -2.21. The number of para-hydroxylation sites is 1. The first kappa shape index (κ1) is 16.6. The predicted molar refractivity (Wildman–Crippen MR) is 88.6 cm³/mol. The molecule has 1 atom stereocenters. The molecule has 2 heterocycles. The van der Waals surface area contributed by atoms with Crippen molar-refractivity contribution in [1.29, 1.82) is 0 Å². The fourth-order valence-electron chi connectivity index (χ4n) is 3.12. The maximum atomic E-state index is 14.0. The predicted octanol–water partition coefficient (Wildman–Crippen LogP) is 2.55. The van der Waals surface area contributed by atoms with Gasteiger partial charge in [0.15, 0.2) is 0 Å². The minimum Gasteiger partial charge on any atom is -0.388 e. The van der Waals surface area contributed by atoms with Crippen molar-refractivity contribution in [2.24, 2.45) is 5.92 Å². The molecule has 6 heteroatoms. The molecule has 0 aliphatic carbocycles. The number of aliphatic hydroxyl groups is 1. The monoisotopic (exact) mass is 331 g/mol. The van der Waals surface area contributed by atoms with Crippen molar-refractivity contribution in [3.8, 4) is 5.69 Å². The van der Waals surface area contributed by atoms with Crippen LogP contribution in [0.1, 0.15) is 36.3 Å². The summed E-state index contributed by atoms with van der Waals surface area (Å²) in [7, 11) is 0. The lowest BCUT2D eigenvalue weighted by molar-refractivity contribution is 0.00520. The van der Waals surface area contributed by atoms with Crippen molar-refractivity contribution in [3.05, 3.63) is 47.5 Å². The molecule has 1 aromatic heterocycles. The quantitative estimate of drug-likeness (QED) is 0.940. The van der Waals surface area contributed by atoms with Crippen LogP contribution in [-0.2, 0) is 0 Å². The van der Waals surface area contributed by atoms with E-state index in [4.69, 9.17) is 0 Å². The molecule has 2 aromatic rings. The van der Waals surface area contributed by atoms with Gasteiger partial charge >= 0.3 is 0 Å². The highest BCUT2D eigenvalue weighted by Crippen LogP contribution is 2.30. The highest BCUT2D eigenvalue weighted by molar-refractivity contribution is 5.95. The molecular weight excluding hydrogens is 309 g/mol. The van der Waals surface area contributed by atoms with E-state index in [9.17, 15) is 14.3 Å². The van der Waals surface area contributed by atoms with E-state index >= 15 is 0 Å². The van der Waals surface area contributed by atoms with Gasteiger partial charge in [0.05, 0.1) is 29.6 Å². The highest BCUT2D eigenvalue weighted by Gasteiger charge is 2.41. The Bertz CT molecular complexity index is 771. The van der Waals surface area contributed by atoms with Crippen LogP contribution >= 0.6 is 0 Å². The molecule has 3 rings (SSSR count). The second kappa shape index (κ2) is 6.02. The third-order valence-electron chi connectivity index (χ3n) is 4.96. The second-order valence-corrected chi connectivity index (χ2v) is 6.74. The van der Waals surface area contributed by atoms with E-state index in [1.54, 1.807) is 30.0 Å². The summed E-state index contributed by atoms with van der Waals surface area (Å²) in [5, 5.41) is 14.7. The number of likely N-dealkylation sites (tertiary alicyclic amines) is 1. The summed E-state index contributed by atoms with van der Waals surface area (Å²) in [6.45, 7) is 6.48. The van der Waals surface area contributed by atoms with E-state index in [-0.39, 0.29) is 11.8 Å². The van der Waals surface area contributed by atoms with Gasteiger partial charge in [0, 0.05) is 6.54 Å². The maximum Gasteiger partial charge on any atom is 0.257 e. The zero-order chi connectivity index (χ0) is 17.5. The van der Waals surface area contributed by atoms with Gasteiger partial charge in [-0.05, 0) is 31.4 Å². The average Bonchev–Trinajstić information content (AvgIpc) is 3.12. The van der Waals surface area contributed by atoms with Crippen molar-refractivity contribution < 1.29 is 14.3 Å². The molecule has 1 aliphatic rings. The molecule has 1 saturated heterocycles. The smallest absolute Gasteiger partial charge is 0.257 e. The number of amides is 1. The summed E-state index contributed by atoms with van der Waals surface area (Å²) in [4.78, 5) is 14.4. The number of carbonyl (C=O) groups excluding carboxylic acids is 1. The van der Waals surface area contributed by atoms with Crippen molar-refractivity contribution in [3.63, 3.8) is 0 Å². The van der Waals surface area contributed by atoms with Gasteiger partial charge in [0.2, 0.25) is 0 Å². The van der Waals surface area contributed by atoms with Gasteiger partial charge in [-0.1, -0.05) is 26.0 Å². The third kappa shape index (κ3) is 2.71. The second-order valence-electron chi connectivity index (χ2n) is 6.74. The highest BCUT2D eigenvalue weighted by atomic mass is 19.1. The molecule has 0 saturated carbocycles. The fraction of sp³-hybridized carbons (Fsp3) is 0.444. The van der Waals surface area contributed by atoms with Gasteiger partial charge in [0.25, 0.3) is 5.91 Å². The molecule has 0 bridgehead atoms. The number of hydrogen-bond acceptors (Lipinski definition) is 3. The van der Waals surface area contributed by atoms with Crippen LogP contribution < -0.4 is 0 Å². The van der Waals surface area contributed by atoms with E-state index in [1.165, 1.54) is 16.9 Å². The maximum absolute atomic E-state index is 14.0. The molecule has 0 spiro atoms. The van der Waals surface area contributed by atoms with Gasteiger partial charge < -0.3 is 10.0 Å². The molecule has 1 fully saturated rings. The lowest BCUT2D eigenvalue weighted by Gasteiger charge is -2.27. The van der Waals surface area contributed by atoms with Gasteiger partial charge in [-0.15, -0.1) is 0 Å². The Kier molecular flexibility index (Phi) is 4.17. The number of halogens is 1. The molecule has 128 valence electrons. The first-order valence-corrected chi connectivity index (χ1v) is 8.14. The number of rotatable bonds is 3. The van der Waals surface area contributed by atoms with Crippen LogP contribution in [0, 0.1) is 18.7 Å². The minimum absolute atomic E-state index is 0.0811. The first-order chi connectivity index (χ1) is 11.3. The molecule has 5 nitrogen and oxygen atoms in total. The van der Waals surface area contributed by atoms with E-state index < -0.39 is 11.4 Å². The van der Waals surface area contributed by atoms with E-state index in [1.807, 2.05) is 13.8 Å². The molecule has 24 heavy (non-hydrogen) atoms. The van der Waals surface area contributed by atoms with Crippen molar-refractivity contribution in [2.75, 3.05) is 13.1 Å². The Balaban J connectivity index is 1.87. The largest absolute Gasteiger partial charge is 0.388 e. The molecular formula is C18H22FN3O2. The molecule has 1 aromatic carbocycles. The minimum atomic E-state index is -0.842.